The molecule has 1 saturated heterocycles. The van der Waals surface area contributed by atoms with Gasteiger partial charge >= 0.3 is 6.03 Å². The Morgan fingerprint density at radius 3 is 3.05 bits per heavy atom. The minimum absolute atomic E-state index is 0.0517. The quantitative estimate of drug-likeness (QED) is 0.865. The number of aromatic nitrogens is 1. The molecule has 3 rings (SSSR count). The zero-order valence-electron chi connectivity index (χ0n) is 11.9. The van der Waals surface area contributed by atoms with Gasteiger partial charge < -0.3 is 15.2 Å². The first-order valence-corrected chi connectivity index (χ1v) is 7.35. The van der Waals surface area contributed by atoms with Crippen molar-refractivity contribution in [3.8, 4) is 0 Å². The van der Waals surface area contributed by atoms with Crippen LogP contribution in [-0.4, -0.2) is 28.5 Å². The standard InChI is InChI=1S/C16H21N3O/c1-12-6-4-5-9-19(12)16(20)17-11-14-10-13-7-2-3-8-15(13)18-14/h2-3,7-8,10,12,18H,4-6,9,11H2,1H3,(H,17,20). The molecule has 0 aliphatic carbocycles. The number of aromatic amines is 1. The fourth-order valence-electron chi connectivity index (χ4n) is 2.90. The van der Waals surface area contributed by atoms with Gasteiger partial charge in [-0.25, -0.2) is 4.79 Å². The van der Waals surface area contributed by atoms with Crippen LogP contribution in [0, 0.1) is 0 Å². The van der Waals surface area contributed by atoms with E-state index in [0.29, 0.717) is 12.6 Å². The molecule has 4 nitrogen and oxygen atoms in total. The predicted molar refractivity (Wildman–Crippen MR) is 80.6 cm³/mol. The number of nitrogens with one attached hydrogen (secondary N) is 2. The lowest BCUT2D eigenvalue weighted by Gasteiger charge is -2.33. The summed E-state index contributed by atoms with van der Waals surface area (Å²) in [5.41, 5.74) is 2.16. The summed E-state index contributed by atoms with van der Waals surface area (Å²) in [6, 6.07) is 10.7. The number of likely N-dealkylation sites (tertiary alicyclic amines) is 1. The number of carbonyl (C=O) groups is 1. The third-order valence-electron chi connectivity index (χ3n) is 4.08. The summed E-state index contributed by atoms with van der Waals surface area (Å²) in [5, 5.41) is 4.20. The number of para-hydroxylation sites is 1. The van der Waals surface area contributed by atoms with Crippen molar-refractivity contribution >= 4 is 16.9 Å². The second-order valence-corrected chi connectivity index (χ2v) is 5.58. The van der Waals surface area contributed by atoms with E-state index in [1.165, 1.54) is 11.8 Å². The molecular weight excluding hydrogens is 250 g/mol. The van der Waals surface area contributed by atoms with Gasteiger partial charge in [-0.1, -0.05) is 18.2 Å². The molecule has 20 heavy (non-hydrogen) atoms. The summed E-state index contributed by atoms with van der Waals surface area (Å²) >= 11 is 0. The number of urea groups is 1. The van der Waals surface area contributed by atoms with Crippen LogP contribution in [0.4, 0.5) is 4.79 Å². The van der Waals surface area contributed by atoms with Gasteiger partial charge in [-0.05, 0) is 43.7 Å². The van der Waals surface area contributed by atoms with Gasteiger partial charge in [-0.15, -0.1) is 0 Å². The van der Waals surface area contributed by atoms with Crippen molar-refractivity contribution in [2.24, 2.45) is 0 Å². The maximum absolute atomic E-state index is 12.2. The van der Waals surface area contributed by atoms with E-state index in [0.717, 1.165) is 30.6 Å². The van der Waals surface area contributed by atoms with E-state index in [9.17, 15) is 4.79 Å². The van der Waals surface area contributed by atoms with Crippen LogP contribution in [-0.2, 0) is 6.54 Å². The van der Waals surface area contributed by atoms with Crippen LogP contribution in [0.15, 0.2) is 30.3 Å². The summed E-state index contributed by atoms with van der Waals surface area (Å²) in [6.07, 6.45) is 3.46. The Balaban J connectivity index is 1.62. The Labute approximate surface area is 119 Å². The molecule has 1 aromatic heterocycles. The average molecular weight is 271 g/mol. The summed E-state index contributed by atoms with van der Waals surface area (Å²) in [6.45, 7) is 3.55. The highest BCUT2D eigenvalue weighted by atomic mass is 16.2. The predicted octanol–water partition coefficient (Wildman–Crippen LogP) is 3.25. The second kappa shape index (κ2) is 5.57. The number of hydrogen-bond acceptors (Lipinski definition) is 1. The van der Waals surface area contributed by atoms with Gasteiger partial charge in [0.1, 0.15) is 0 Å². The Kier molecular flexibility index (Phi) is 3.63. The van der Waals surface area contributed by atoms with Crippen LogP contribution in [0.5, 0.6) is 0 Å². The van der Waals surface area contributed by atoms with E-state index in [1.54, 1.807) is 0 Å². The molecule has 0 bridgehead atoms. The first-order valence-electron chi connectivity index (χ1n) is 7.35. The largest absolute Gasteiger partial charge is 0.357 e. The van der Waals surface area contributed by atoms with Crippen LogP contribution < -0.4 is 5.32 Å². The minimum Gasteiger partial charge on any atom is -0.357 e. The lowest BCUT2D eigenvalue weighted by atomic mass is 10.0. The van der Waals surface area contributed by atoms with Crippen LogP contribution in [0.25, 0.3) is 10.9 Å². The number of piperidine rings is 1. The molecular formula is C16H21N3O. The van der Waals surface area contributed by atoms with Gasteiger partial charge in [0.05, 0.1) is 6.54 Å². The van der Waals surface area contributed by atoms with E-state index >= 15 is 0 Å². The molecule has 2 heterocycles. The van der Waals surface area contributed by atoms with Crippen molar-refractivity contribution in [1.29, 1.82) is 0 Å². The fourth-order valence-corrected chi connectivity index (χ4v) is 2.90. The molecule has 0 spiro atoms. The highest BCUT2D eigenvalue weighted by Gasteiger charge is 2.22. The smallest absolute Gasteiger partial charge is 0.317 e. The molecule has 4 heteroatoms. The third kappa shape index (κ3) is 2.64. The summed E-state index contributed by atoms with van der Waals surface area (Å²) < 4.78 is 0. The van der Waals surface area contributed by atoms with Gasteiger partial charge in [0.2, 0.25) is 0 Å². The van der Waals surface area contributed by atoms with Crippen molar-refractivity contribution < 1.29 is 4.79 Å². The number of carbonyl (C=O) groups excluding carboxylic acids is 1. The summed E-state index contributed by atoms with van der Waals surface area (Å²) in [5.74, 6) is 0. The summed E-state index contributed by atoms with van der Waals surface area (Å²) in [4.78, 5) is 17.5. The Morgan fingerprint density at radius 1 is 1.40 bits per heavy atom. The lowest BCUT2D eigenvalue weighted by Crippen LogP contribution is -2.47. The number of H-pyrrole nitrogens is 1. The Bertz CT molecular complexity index is 572. The average Bonchev–Trinajstić information content (AvgIpc) is 2.88. The zero-order chi connectivity index (χ0) is 13.9. The third-order valence-corrected chi connectivity index (χ3v) is 4.08. The van der Waals surface area contributed by atoms with Gasteiger partial charge in [-0.3, -0.25) is 0 Å². The molecule has 0 radical (unpaired) electrons. The molecule has 2 aromatic rings. The molecule has 2 N–H and O–H groups in total. The van der Waals surface area contributed by atoms with Crippen LogP contribution in [0.1, 0.15) is 31.9 Å². The number of fused-ring (bicyclic) bond motifs is 1. The topological polar surface area (TPSA) is 48.1 Å². The van der Waals surface area contributed by atoms with E-state index in [-0.39, 0.29) is 6.03 Å². The van der Waals surface area contributed by atoms with E-state index in [4.69, 9.17) is 0 Å². The highest BCUT2D eigenvalue weighted by Crippen LogP contribution is 2.17. The van der Waals surface area contributed by atoms with Gasteiger partial charge in [0.25, 0.3) is 0 Å². The molecule has 1 unspecified atom stereocenters. The van der Waals surface area contributed by atoms with E-state index in [1.807, 2.05) is 23.1 Å². The molecule has 1 fully saturated rings. The van der Waals surface area contributed by atoms with Gasteiger partial charge in [0.15, 0.2) is 0 Å². The van der Waals surface area contributed by atoms with Crippen molar-refractivity contribution in [1.82, 2.24) is 15.2 Å². The van der Waals surface area contributed by atoms with E-state index in [2.05, 4.69) is 29.4 Å². The Hall–Kier alpha value is -1.97. The van der Waals surface area contributed by atoms with Gasteiger partial charge in [0, 0.05) is 23.8 Å². The first kappa shape index (κ1) is 13.0. The van der Waals surface area contributed by atoms with Crippen LogP contribution >= 0.6 is 0 Å². The molecule has 106 valence electrons. The van der Waals surface area contributed by atoms with Crippen LogP contribution in [0.2, 0.25) is 0 Å². The maximum atomic E-state index is 12.2. The molecule has 2 amide bonds. The minimum atomic E-state index is 0.0517. The monoisotopic (exact) mass is 271 g/mol. The molecule has 1 atom stereocenters. The van der Waals surface area contributed by atoms with Crippen molar-refractivity contribution in [2.75, 3.05) is 6.54 Å². The van der Waals surface area contributed by atoms with Gasteiger partial charge in [-0.2, -0.15) is 0 Å². The molecule has 1 aliphatic heterocycles. The zero-order valence-corrected chi connectivity index (χ0v) is 11.9. The first-order chi connectivity index (χ1) is 9.74. The fraction of sp³-hybridized carbons (Fsp3) is 0.438. The number of benzene rings is 1. The number of hydrogen-bond donors (Lipinski definition) is 2. The normalized spacial score (nSPS) is 19.2. The molecule has 1 aliphatic rings. The highest BCUT2D eigenvalue weighted by molar-refractivity contribution is 5.80. The molecule has 1 aromatic carbocycles. The van der Waals surface area contributed by atoms with E-state index < -0.39 is 0 Å². The molecule has 0 saturated carbocycles. The Morgan fingerprint density at radius 2 is 2.25 bits per heavy atom. The van der Waals surface area contributed by atoms with Crippen molar-refractivity contribution in [2.45, 2.75) is 38.8 Å². The number of amides is 2. The SMILES string of the molecule is CC1CCCCN1C(=O)NCc1cc2ccccc2[nH]1. The lowest BCUT2D eigenvalue weighted by molar-refractivity contribution is 0.157. The van der Waals surface area contributed by atoms with Crippen molar-refractivity contribution in [3.63, 3.8) is 0 Å². The van der Waals surface area contributed by atoms with Crippen LogP contribution in [0.3, 0.4) is 0 Å². The second-order valence-electron chi connectivity index (χ2n) is 5.58. The van der Waals surface area contributed by atoms with Crippen molar-refractivity contribution in [3.05, 3.63) is 36.0 Å². The number of nitrogens with zero attached hydrogens (tertiary/aromatic N) is 1. The maximum Gasteiger partial charge on any atom is 0.317 e. The summed E-state index contributed by atoms with van der Waals surface area (Å²) in [7, 11) is 0. The number of rotatable bonds is 2.